The molecule has 17 nitrogen and oxygen atoms in total. The highest BCUT2D eigenvalue weighted by molar-refractivity contribution is 5.89. The van der Waals surface area contributed by atoms with Gasteiger partial charge in [-0.1, -0.05) is 0 Å². The van der Waals surface area contributed by atoms with Crippen molar-refractivity contribution in [1.29, 1.82) is 0 Å². The minimum absolute atomic E-state index is 0.0460. The smallest absolute Gasteiger partial charge is 0.253 e. The molecule has 3 unspecified atom stereocenters. The van der Waals surface area contributed by atoms with Gasteiger partial charge in [-0.25, -0.2) is 0 Å². The van der Waals surface area contributed by atoms with Crippen molar-refractivity contribution in [1.82, 2.24) is 10.6 Å². The third-order valence-electron chi connectivity index (χ3n) is 10.2. The van der Waals surface area contributed by atoms with Crippen LogP contribution >= 0.6 is 0 Å². The van der Waals surface area contributed by atoms with E-state index in [-0.39, 0.29) is 25.3 Å². The van der Waals surface area contributed by atoms with Gasteiger partial charge in [-0.15, -0.1) is 0 Å². The molecule has 2 heterocycles. The largest absolute Gasteiger partial charge is 0.394 e. The van der Waals surface area contributed by atoms with E-state index in [1.807, 2.05) is 0 Å². The SMILES string of the molecule is NC1CC(CNC[C@H]2O[C@H](C3[C@@H](N)C[C@@H](NC(=O)C4(O)CC4N)[C@H](O[C@H]4O[C@H](CO)[C@@H](O)[C@H](N)[C@H]4O)[C@H]3O)[C@H](N)C[C@@H]2O)C1. The van der Waals surface area contributed by atoms with Crippen LogP contribution in [-0.2, 0) is 19.0 Å². The van der Waals surface area contributed by atoms with Gasteiger partial charge in [0.2, 0.25) is 0 Å². The van der Waals surface area contributed by atoms with Crippen molar-refractivity contribution in [2.24, 2.45) is 40.5 Å². The lowest BCUT2D eigenvalue weighted by atomic mass is 9.72. The van der Waals surface area contributed by atoms with E-state index in [1.165, 1.54) is 0 Å². The average Bonchev–Trinajstić information content (AvgIpc) is 3.58. The maximum Gasteiger partial charge on any atom is 0.253 e. The van der Waals surface area contributed by atoms with E-state index in [0.29, 0.717) is 12.5 Å². The van der Waals surface area contributed by atoms with Gasteiger partial charge in [0.05, 0.1) is 43.1 Å². The molecule has 16 atom stereocenters. The summed E-state index contributed by atoms with van der Waals surface area (Å²) in [6.07, 6.45) is -8.53. The summed E-state index contributed by atoms with van der Waals surface area (Å²) in [4.78, 5) is 12.9. The van der Waals surface area contributed by atoms with Crippen molar-refractivity contribution in [3.05, 3.63) is 0 Å². The Balaban J connectivity index is 1.33. The Bertz CT molecular complexity index is 997. The zero-order valence-electron chi connectivity index (χ0n) is 24.7. The summed E-state index contributed by atoms with van der Waals surface area (Å²) in [7, 11) is 0. The van der Waals surface area contributed by atoms with Crippen LogP contribution in [0.3, 0.4) is 0 Å². The fraction of sp³-hybridized carbons (Fsp3) is 0.963. The number of hydrogen-bond acceptors (Lipinski definition) is 16. The number of carbonyl (C=O) groups is 1. The van der Waals surface area contributed by atoms with Gasteiger partial charge in [0.1, 0.15) is 24.4 Å². The molecule has 0 bridgehead atoms. The Morgan fingerprint density at radius 1 is 0.886 bits per heavy atom. The molecular formula is C27H51N7O10. The van der Waals surface area contributed by atoms with Crippen molar-refractivity contribution in [3.63, 3.8) is 0 Å². The van der Waals surface area contributed by atoms with Gasteiger partial charge < -0.3 is 84.2 Å². The molecule has 254 valence electrons. The predicted molar refractivity (Wildman–Crippen MR) is 153 cm³/mol. The minimum Gasteiger partial charge on any atom is -0.394 e. The second-order valence-electron chi connectivity index (χ2n) is 13.5. The molecule has 3 saturated carbocycles. The highest BCUT2D eigenvalue weighted by atomic mass is 16.7. The van der Waals surface area contributed by atoms with Crippen molar-refractivity contribution in [2.75, 3.05) is 19.7 Å². The van der Waals surface area contributed by atoms with Gasteiger partial charge in [0, 0.05) is 43.1 Å². The lowest BCUT2D eigenvalue weighted by molar-refractivity contribution is -0.306. The molecule has 18 N–H and O–H groups in total. The van der Waals surface area contributed by atoms with Crippen LogP contribution in [0.5, 0.6) is 0 Å². The zero-order valence-corrected chi connectivity index (χ0v) is 24.7. The molecule has 0 aromatic heterocycles. The third-order valence-corrected chi connectivity index (χ3v) is 10.2. The quantitative estimate of drug-likeness (QED) is 0.106. The fourth-order valence-corrected chi connectivity index (χ4v) is 7.17. The first-order chi connectivity index (χ1) is 20.7. The number of ether oxygens (including phenoxy) is 3. The molecule has 0 aromatic carbocycles. The van der Waals surface area contributed by atoms with Gasteiger partial charge in [-0.2, -0.15) is 0 Å². The monoisotopic (exact) mass is 633 g/mol. The lowest BCUT2D eigenvalue weighted by Gasteiger charge is -2.51. The number of carbonyl (C=O) groups excluding carboxylic acids is 1. The van der Waals surface area contributed by atoms with Crippen molar-refractivity contribution in [3.8, 4) is 0 Å². The molecule has 17 heteroatoms. The maximum absolute atomic E-state index is 12.9. The molecular weight excluding hydrogens is 582 g/mol. The van der Waals surface area contributed by atoms with E-state index >= 15 is 0 Å². The van der Waals surface area contributed by atoms with Crippen molar-refractivity contribution in [2.45, 2.75) is 129 Å². The zero-order chi connectivity index (χ0) is 32.1. The van der Waals surface area contributed by atoms with Gasteiger partial charge >= 0.3 is 0 Å². The number of aliphatic hydroxyl groups is 6. The molecule has 5 rings (SSSR count). The van der Waals surface area contributed by atoms with Crippen LogP contribution in [0.1, 0.15) is 32.1 Å². The number of nitrogens with two attached hydrogens (primary N) is 5. The topological polar surface area (TPSA) is 320 Å². The summed E-state index contributed by atoms with van der Waals surface area (Å²) >= 11 is 0. The van der Waals surface area contributed by atoms with E-state index in [2.05, 4.69) is 10.6 Å². The number of rotatable bonds is 10. The number of amides is 1. The van der Waals surface area contributed by atoms with Crippen LogP contribution in [0, 0.1) is 11.8 Å². The molecule has 0 radical (unpaired) electrons. The van der Waals surface area contributed by atoms with Gasteiger partial charge in [-0.3, -0.25) is 4.79 Å². The van der Waals surface area contributed by atoms with E-state index in [4.69, 9.17) is 42.9 Å². The maximum atomic E-state index is 12.9. The number of hydrogen-bond donors (Lipinski definition) is 13. The van der Waals surface area contributed by atoms with Crippen LogP contribution in [-0.4, -0.2) is 153 Å². The Hall–Kier alpha value is -1.13. The summed E-state index contributed by atoms with van der Waals surface area (Å²) in [5.74, 6) is -1.15. The first kappa shape index (κ1) is 34.2. The van der Waals surface area contributed by atoms with Crippen LogP contribution in [0.25, 0.3) is 0 Å². The van der Waals surface area contributed by atoms with E-state index < -0.39 is 109 Å². The molecule has 5 aliphatic rings. The van der Waals surface area contributed by atoms with Gasteiger partial charge in [-0.05, 0) is 38.1 Å². The highest BCUT2D eigenvalue weighted by Crippen LogP contribution is 2.38. The van der Waals surface area contributed by atoms with Crippen molar-refractivity contribution < 1.29 is 49.6 Å². The lowest BCUT2D eigenvalue weighted by Crippen LogP contribution is -2.70. The molecule has 2 saturated heterocycles. The first-order valence-electron chi connectivity index (χ1n) is 15.6. The van der Waals surface area contributed by atoms with E-state index in [0.717, 1.165) is 19.4 Å². The Kier molecular flexibility index (Phi) is 10.5. The van der Waals surface area contributed by atoms with Crippen molar-refractivity contribution >= 4 is 5.91 Å². The standard InChI is InChI=1S/C27H51N7O10/c28-10-1-9(2-10)6-33-7-15-14(36)4-12(30)23(42-15)18-11(29)3-13(34-26(40)27(41)5-17(27)31)24(21(18)38)44-25-22(39)19(32)20(37)16(8-35)43-25/h9-25,33,35-39,41H,1-8,28-32H2,(H,34,40)/t9?,10?,11-,12+,13+,14-,15+,16+,17?,18?,19-,20+,21-,22+,23-,24-,25+,27?/m0/s1. The average molecular weight is 634 g/mol. The Morgan fingerprint density at radius 2 is 1.57 bits per heavy atom. The summed E-state index contributed by atoms with van der Waals surface area (Å²) in [6.45, 7) is 0.449. The molecule has 3 aliphatic carbocycles. The molecule has 2 aliphatic heterocycles. The molecule has 0 aromatic rings. The summed E-state index contributed by atoms with van der Waals surface area (Å²) in [5.41, 5.74) is 28.9. The predicted octanol–water partition coefficient (Wildman–Crippen LogP) is -7.03. The third kappa shape index (κ3) is 6.78. The second kappa shape index (κ2) is 13.5. The van der Waals surface area contributed by atoms with Crippen LogP contribution in [0.15, 0.2) is 0 Å². The fourth-order valence-electron chi connectivity index (χ4n) is 7.17. The van der Waals surface area contributed by atoms with Gasteiger partial charge in [0.25, 0.3) is 5.91 Å². The normalized spacial score (nSPS) is 52.7. The molecule has 1 amide bonds. The molecule has 5 fully saturated rings. The summed E-state index contributed by atoms with van der Waals surface area (Å²) < 4.78 is 18.0. The van der Waals surface area contributed by atoms with Gasteiger partial charge in [0.15, 0.2) is 11.9 Å². The Labute approximate surface area is 255 Å². The first-order valence-corrected chi connectivity index (χ1v) is 15.6. The number of aliphatic hydroxyl groups excluding tert-OH is 5. The van der Waals surface area contributed by atoms with E-state index in [1.54, 1.807) is 0 Å². The van der Waals surface area contributed by atoms with Crippen LogP contribution < -0.4 is 39.3 Å². The second-order valence-corrected chi connectivity index (χ2v) is 13.5. The highest BCUT2D eigenvalue weighted by Gasteiger charge is 2.59. The Morgan fingerprint density at radius 3 is 2.18 bits per heavy atom. The van der Waals surface area contributed by atoms with Crippen LogP contribution in [0.2, 0.25) is 0 Å². The summed E-state index contributed by atoms with van der Waals surface area (Å²) in [5, 5.41) is 69.8. The minimum atomic E-state index is -1.78. The van der Waals surface area contributed by atoms with Crippen LogP contribution in [0.4, 0.5) is 0 Å². The number of nitrogens with one attached hydrogen (secondary N) is 2. The molecule has 0 spiro atoms. The summed E-state index contributed by atoms with van der Waals surface area (Å²) in [6, 6.07) is -4.24. The molecule has 44 heavy (non-hydrogen) atoms. The van der Waals surface area contributed by atoms with E-state index in [9.17, 15) is 35.4 Å².